The van der Waals surface area contributed by atoms with Crippen LogP contribution in [0, 0.1) is 17.8 Å². The second kappa shape index (κ2) is 9.51. The molecule has 1 aromatic rings. The summed E-state index contributed by atoms with van der Waals surface area (Å²) in [6.45, 7) is 5.79. The van der Waals surface area contributed by atoms with E-state index < -0.39 is 0 Å². The first kappa shape index (κ1) is 21.5. The van der Waals surface area contributed by atoms with Crippen molar-refractivity contribution in [2.45, 2.75) is 45.4 Å². The van der Waals surface area contributed by atoms with Gasteiger partial charge in [0, 0.05) is 37.0 Å². The van der Waals surface area contributed by atoms with Gasteiger partial charge in [0.15, 0.2) is 0 Å². The lowest BCUT2D eigenvalue weighted by Crippen LogP contribution is -2.38. The van der Waals surface area contributed by atoms with Crippen LogP contribution in [0.25, 0.3) is 0 Å². The number of nitrogens with one attached hydrogen (secondary N) is 1. The van der Waals surface area contributed by atoms with Crippen molar-refractivity contribution in [3.05, 3.63) is 23.8 Å². The summed E-state index contributed by atoms with van der Waals surface area (Å²) in [4.78, 5) is 28.0. The third-order valence-electron chi connectivity index (χ3n) is 6.19. The fraction of sp³-hybridized carbons (Fsp3) is 0.652. The lowest BCUT2D eigenvalue weighted by Gasteiger charge is -2.21. The van der Waals surface area contributed by atoms with Crippen LogP contribution in [-0.4, -0.2) is 50.6 Å². The summed E-state index contributed by atoms with van der Waals surface area (Å²) in [5.41, 5.74) is 0.929. The standard InChI is InChI=1S/C23H34N2O4/c1-15(2)12-24-22(26)20-14-25(23(27)16-7-5-6-8-16)13-19(20)18-11-17(28-3)9-10-21(18)29-4/h9-11,15-16,19-20H,5-8,12-14H2,1-4H3,(H,24,26)/t19-,20+/m0/s1. The number of carbonyl (C=O) groups is 2. The molecule has 2 fully saturated rings. The van der Waals surface area contributed by atoms with Crippen LogP contribution in [0.1, 0.15) is 51.0 Å². The zero-order valence-corrected chi connectivity index (χ0v) is 18.1. The van der Waals surface area contributed by atoms with Crippen LogP contribution in [0.4, 0.5) is 0 Å². The van der Waals surface area contributed by atoms with Crippen LogP contribution in [0.3, 0.4) is 0 Å². The molecule has 1 N–H and O–H groups in total. The van der Waals surface area contributed by atoms with Crippen LogP contribution in [-0.2, 0) is 9.59 Å². The number of likely N-dealkylation sites (tertiary alicyclic amines) is 1. The monoisotopic (exact) mass is 402 g/mol. The normalized spacial score (nSPS) is 22.2. The molecule has 3 rings (SSSR count). The topological polar surface area (TPSA) is 67.9 Å². The van der Waals surface area contributed by atoms with Gasteiger partial charge in [-0.15, -0.1) is 0 Å². The molecule has 1 aromatic carbocycles. The first-order valence-electron chi connectivity index (χ1n) is 10.7. The van der Waals surface area contributed by atoms with Crippen molar-refractivity contribution in [1.29, 1.82) is 0 Å². The van der Waals surface area contributed by atoms with Gasteiger partial charge < -0.3 is 19.7 Å². The van der Waals surface area contributed by atoms with Crippen molar-refractivity contribution < 1.29 is 19.1 Å². The molecule has 0 unspecified atom stereocenters. The Morgan fingerprint density at radius 1 is 1.14 bits per heavy atom. The van der Waals surface area contributed by atoms with E-state index in [0.29, 0.717) is 25.6 Å². The molecule has 0 radical (unpaired) electrons. The van der Waals surface area contributed by atoms with Gasteiger partial charge in [-0.3, -0.25) is 9.59 Å². The van der Waals surface area contributed by atoms with Crippen LogP contribution < -0.4 is 14.8 Å². The molecule has 29 heavy (non-hydrogen) atoms. The molecule has 2 amide bonds. The zero-order chi connectivity index (χ0) is 21.0. The molecular weight excluding hydrogens is 368 g/mol. The van der Waals surface area contributed by atoms with E-state index in [-0.39, 0.29) is 29.6 Å². The fourth-order valence-corrected chi connectivity index (χ4v) is 4.56. The van der Waals surface area contributed by atoms with Crippen LogP contribution in [0.5, 0.6) is 11.5 Å². The van der Waals surface area contributed by atoms with Gasteiger partial charge in [0.1, 0.15) is 11.5 Å². The van der Waals surface area contributed by atoms with Crippen LogP contribution in [0.2, 0.25) is 0 Å². The minimum Gasteiger partial charge on any atom is -0.497 e. The summed E-state index contributed by atoms with van der Waals surface area (Å²) in [7, 11) is 3.26. The molecule has 1 aliphatic heterocycles. The smallest absolute Gasteiger partial charge is 0.225 e. The maximum absolute atomic E-state index is 13.1. The first-order chi connectivity index (χ1) is 13.9. The molecule has 2 atom stereocenters. The van der Waals surface area contributed by atoms with E-state index in [0.717, 1.165) is 42.7 Å². The van der Waals surface area contributed by atoms with E-state index >= 15 is 0 Å². The molecule has 0 bridgehead atoms. The Balaban J connectivity index is 1.88. The van der Waals surface area contributed by atoms with Crippen LogP contribution >= 0.6 is 0 Å². The maximum Gasteiger partial charge on any atom is 0.225 e. The molecular formula is C23H34N2O4. The highest BCUT2D eigenvalue weighted by molar-refractivity contribution is 5.84. The SMILES string of the molecule is COc1ccc(OC)c([C@@H]2CN(C(=O)C3CCCC3)C[C@H]2C(=O)NCC(C)C)c1. The molecule has 1 saturated carbocycles. The molecule has 6 heteroatoms. The van der Waals surface area contributed by atoms with Crippen molar-refractivity contribution in [2.75, 3.05) is 33.9 Å². The molecule has 6 nitrogen and oxygen atoms in total. The van der Waals surface area contributed by atoms with Gasteiger partial charge in [0.25, 0.3) is 0 Å². The van der Waals surface area contributed by atoms with Gasteiger partial charge in [0.05, 0.1) is 20.1 Å². The molecule has 1 heterocycles. The Morgan fingerprint density at radius 2 is 1.86 bits per heavy atom. The lowest BCUT2D eigenvalue weighted by atomic mass is 9.87. The molecule has 1 aliphatic carbocycles. The highest BCUT2D eigenvalue weighted by atomic mass is 16.5. The summed E-state index contributed by atoms with van der Waals surface area (Å²) < 4.78 is 11.0. The van der Waals surface area contributed by atoms with E-state index in [1.165, 1.54) is 0 Å². The lowest BCUT2D eigenvalue weighted by molar-refractivity contribution is -0.134. The fourth-order valence-electron chi connectivity index (χ4n) is 4.56. The number of methoxy groups -OCH3 is 2. The Morgan fingerprint density at radius 3 is 2.48 bits per heavy atom. The van der Waals surface area contributed by atoms with E-state index in [2.05, 4.69) is 19.2 Å². The van der Waals surface area contributed by atoms with Gasteiger partial charge in [-0.2, -0.15) is 0 Å². The summed E-state index contributed by atoms with van der Waals surface area (Å²) in [5, 5.41) is 3.07. The first-order valence-corrected chi connectivity index (χ1v) is 10.7. The summed E-state index contributed by atoms with van der Waals surface area (Å²) >= 11 is 0. The molecule has 0 aromatic heterocycles. The van der Waals surface area contributed by atoms with E-state index in [4.69, 9.17) is 9.47 Å². The summed E-state index contributed by atoms with van der Waals surface area (Å²) in [6.07, 6.45) is 4.17. The summed E-state index contributed by atoms with van der Waals surface area (Å²) in [5.74, 6) is 1.75. The average molecular weight is 403 g/mol. The molecule has 160 valence electrons. The van der Waals surface area contributed by atoms with Crippen molar-refractivity contribution in [1.82, 2.24) is 10.2 Å². The Kier molecular flexibility index (Phi) is 7.04. The van der Waals surface area contributed by atoms with E-state index in [9.17, 15) is 9.59 Å². The van der Waals surface area contributed by atoms with Gasteiger partial charge in [0.2, 0.25) is 11.8 Å². The van der Waals surface area contributed by atoms with Crippen molar-refractivity contribution >= 4 is 11.8 Å². The van der Waals surface area contributed by atoms with E-state index in [1.54, 1.807) is 14.2 Å². The maximum atomic E-state index is 13.1. The largest absolute Gasteiger partial charge is 0.497 e. The number of benzene rings is 1. The third-order valence-corrected chi connectivity index (χ3v) is 6.19. The predicted molar refractivity (Wildman–Crippen MR) is 112 cm³/mol. The molecule has 2 aliphatic rings. The highest BCUT2D eigenvalue weighted by Crippen LogP contribution is 2.40. The van der Waals surface area contributed by atoms with Crippen LogP contribution in [0.15, 0.2) is 18.2 Å². The van der Waals surface area contributed by atoms with Crippen molar-refractivity contribution in [2.24, 2.45) is 17.8 Å². The van der Waals surface area contributed by atoms with E-state index in [1.807, 2.05) is 23.1 Å². The average Bonchev–Trinajstić information content (AvgIpc) is 3.41. The number of rotatable bonds is 7. The summed E-state index contributed by atoms with van der Waals surface area (Å²) in [6, 6.07) is 5.67. The predicted octanol–water partition coefficient (Wildman–Crippen LogP) is 3.21. The van der Waals surface area contributed by atoms with Crippen molar-refractivity contribution in [3.63, 3.8) is 0 Å². The number of hydrogen-bond acceptors (Lipinski definition) is 4. The number of nitrogens with zero attached hydrogens (tertiary/aromatic N) is 1. The Labute approximate surface area is 173 Å². The number of hydrogen-bond donors (Lipinski definition) is 1. The highest BCUT2D eigenvalue weighted by Gasteiger charge is 2.43. The second-order valence-corrected chi connectivity index (χ2v) is 8.68. The minimum atomic E-state index is -0.292. The van der Waals surface area contributed by atoms with Gasteiger partial charge >= 0.3 is 0 Å². The molecule has 0 spiro atoms. The Bertz CT molecular complexity index is 728. The quantitative estimate of drug-likeness (QED) is 0.760. The minimum absolute atomic E-state index is 0.00953. The third kappa shape index (κ3) is 4.85. The van der Waals surface area contributed by atoms with Gasteiger partial charge in [-0.25, -0.2) is 0 Å². The zero-order valence-electron chi connectivity index (χ0n) is 18.1. The number of ether oxygens (including phenoxy) is 2. The van der Waals surface area contributed by atoms with Gasteiger partial charge in [-0.05, 0) is 37.0 Å². The Hall–Kier alpha value is -2.24. The number of carbonyl (C=O) groups excluding carboxylic acids is 2. The van der Waals surface area contributed by atoms with Gasteiger partial charge in [-0.1, -0.05) is 26.7 Å². The molecule has 1 saturated heterocycles. The van der Waals surface area contributed by atoms with Crippen molar-refractivity contribution in [3.8, 4) is 11.5 Å². The second-order valence-electron chi connectivity index (χ2n) is 8.68. The number of amides is 2.